The highest BCUT2D eigenvalue weighted by atomic mass is 32.2. The van der Waals surface area contributed by atoms with Gasteiger partial charge in [0.1, 0.15) is 0 Å². The molecule has 0 saturated carbocycles. The van der Waals surface area contributed by atoms with Crippen molar-refractivity contribution in [3.05, 3.63) is 39.8 Å². The minimum Gasteiger partial charge on any atom is -0.0949 e. The highest BCUT2D eigenvalue weighted by Gasteiger charge is 2.04. The third-order valence-corrected chi connectivity index (χ3v) is 3.91. The zero-order valence-electron chi connectivity index (χ0n) is 10.3. The fraction of sp³-hybridized carbons (Fsp3) is 0.429. The second kappa shape index (κ2) is 5.41. The van der Waals surface area contributed by atoms with Gasteiger partial charge in [0.15, 0.2) is 0 Å². The minimum atomic E-state index is 1.13. The van der Waals surface area contributed by atoms with Crippen LogP contribution in [0.15, 0.2) is 28.0 Å². The van der Waals surface area contributed by atoms with Crippen molar-refractivity contribution in [3.63, 3.8) is 0 Å². The highest BCUT2D eigenvalue weighted by molar-refractivity contribution is 8.03. The Bertz CT molecular complexity index is 375. The maximum atomic E-state index is 2.32. The van der Waals surface area contributed by atoms with Gasteiger partial charge in [-0.05, 0) is 61.8 Å². The molecule has 1 heteroatoms. The van der Waals surface area contributed by atoms with Crippen molar-refractivity contribution >= 4 is 11.8 Å². The van der Waals surface area contributed by atoms with E-state index in [-0.39, 0.29) is 0 Å². The standard InChI is InChI=1S/C14H20S/c1-6-12(5)15-14-9-10(3)13(7-2)8-11(14)4/h6,8-9H,7H2,1-5H3/b12-6+. The first-order valence-corrected chi connectivity index (χ1v) is 6.31. The molecule has 0 saturated heterocycles. The van der Waals surface area contributed by atoms with Gasteiger partial charge in [-0.3, -0.25) is 0 Å². The van der Waals surface area contributed by atoms with Gasteiger partial charge in [0, 0.05) is 4.90 Å². The van der Waals surface area contributed by atoms with Crippen LogP contribution in [0, 0.1) is 13.8 Å². The van der Waals surface area contributed by atoms with Gasteiger partial charge >= 0.3 is 0 Å². The number of hydrogen-bond acceptors (Lipinski definition) is 1. The molecule has 82 valence electrons. The molecule has 0 bridgehead atoms. The molecule has 0 fully saturated rings. The van der Waals surface area contributed by atoms with Crippen LogP contribution in [0.4, 0.5) is 0 Å². The SMILES string of the molecule is C/C=C(\C)Sc1cc(C)c(CC)cc1C. The van der Waals surface area contributed by atoms with Gasteiger partial charge in [0.05, 0.1) is 0 Å². The van der Waals surface area contributed by atoms with Gasteiger partial charge in [-0.15, -0.1) is 0 Å². The summed E-state index contributed by atoms with van der Waals surface area (Å²) in [5.74, 6) is 0. The Hall–Kier alpha value is -0.690. The Labute approximate surface area is 97.8 Å². The van der Waals surface area contributed by atoms with Crippen LogP contribution >= 0.6 is 11.8 Å². The predicted octanol–water partition coefficient (Wildman–Crippen LogP) is 4.88. The molecule has 0 aliphatic carbocycles. The molecule has 0 unspecified atom stereocenters. The normalized spacial score (nSPS) is 11.9. The Kier molecular flexibility index (Phi) is 4.46. The lowest BCUT2D eigenvalue weighted by Gasteiger charge is -2.10. The molecule has 0 atom stereocenters. The highest BCUT2D eigenvalue weighted by Crippen LogP contribution is 2.31. The summed E-state index contributed by atoms with van der Waals surface area (Å²) < 4.78 is 0. The summed E-state index contributed by atoms with van der Waals surface area (Å²) in [6.45, 7) is 10.9. The van der Waals surface area contributed by atoms with Gasteiger partial charge in [0.2, 0.25) is 0 Å². The topological polar surface area (TPSA) is 0 Å². The molecule has 0 heterocycles. The molecular formula is C14H20S. The molecule has 15 heavy (non-hydrogen) atoms. The lowest BCUT2D eigenvalue weighted by Crippen LogP contribution is -1.90. The summed E-state index contributed by atoms with van der Waals surface area (Å²) in [4.78, 5) is 2.75. The monoisotopic (exact) mass is 220 g/mol. The van der Waals surface area contributed by atoms with E-state index < -0.39 is 0 Å². The van der Waals surface area contributed by atoms with E-state index in [0.29, 0.717) is 0 Å². The van der Waals surface area contributed by atoms with Gasteiger partial charge < -0.3 is 0 Å². The van der Waals surface area contributed by atoms with Crippen LogP contribution < -0.4 is 0 Å². The molecule has 0 aliphatic heterocycles. The first-order chi connectivity index (χ1) is 7.08. The van der Waals surface area contributed by atoms with E-state index in [4.69, 9.17) is 0 Å². The van der Waals surface area contributed by atoms with Crippen molar-refractivity contribution in [1.29, 1.82) is 0 Å². The molecular weight excluding hydrogens is 200 g/mol. The second-order valence-electron chi connectivity index (χ2n) is 3.90. The Balaban J connectivity index is 3.05. The number of hydrogen-bond donors (Lipinski definition) is 0. The smallest absolute Gasteiger partial charge is 0.0150 e. The molecule has 0 N–H and O–H groups in total. The van der Waals surface area contributed by atoms with Crippen LogP contribution in [-0.4, -0.2) is 0 Å². The maximum absolute atomic E-state index is 2.32. The van der Waals surface area contributed by atoms with Crippen molar-refractivity contribution < 1.29 is 0 Å². The summed E-state index contributed by atoms with van der Waals surface area (Å²) >= 11 is 1.86. The fourth-order valence-corrected chi connectivity index (χ4v) is 2.49. The number of rotatable bonds is 3. The zero-order valence-corrected chi connectivity index (χ0v) is 11.2. The Morgan fingerprint density at radius 1 is 1.27 bits per heavy atom. The van der Waals surface area contributed by atoms with Crippen LogP contribution in [-0.2, 0) is 6.42 Å². The number of thioether (sulfide) groups is 1. The average Bonchev–Trinajstić information content (AvgIpc) is 2.22. The maximum Gasteiger partial charge on any atom is 0.0150 e. The van der Waals surface area contributed by atoms with E-state index in [0.717, 1.165) is 6.42 Å². The van der Waals surface area contributed by atoms with E-state index in [9.17, 15) is 0 Å². The average molecular weight is 220 g/mol. The zero-order chi connectivity index (χ0) is 11.4. The van der Waals surface area contributed by atoms with E-state index in [1.165, 1.54) is 26.5 Å². The van der Waals surface area contributed by atoms with Crippen LogP contribution in [0.3, 0.4) is 0 Å². The van der Waals surface area contributed by atoms with Crippen molar-refractivity contribution in [2.75, 3.05) is 0 Å². The molecule has 0 radical (unpaired) electrons. The lowest BCUT2D eigenvalue weighted by molar-refractivity contribution is 1.08. The fourth-order valence-electron chi connectivity index (χ4n) is 1.57. The van der Waals surface area contributed by atoms with Crippen molar-refractivity contribution in [2.24, 2.45) is 0 Å². The molecule has 1 aromatic carbocycles. The number of allylic oxidation sites excluding steroid dienone is 2. The van der Waals surface area contributed by atoms with E-state index >= 15 is 0 Å². The summed E-state index contributed by atoms with van der Waals surface area (Å²) in [5.41, 5.74) is 4.27. The summed E-state index contributed by atoms with van der Waals surface area (Å²) in [6.07, 6.45) is 3.29. The van der Waals surface area contributed by atoms with Gasteiger partial charge in [-0.2, -0.15) is 0 Å². The minimum absolute atomic E-state index is 1.13. The van der Waals surface area contributed by atoms with Crippen molar-refractivity contribution in [3.8, 4) is 0 Å². The van der Waals surface area contributed by atoms with Crippen molar-refractivity contribution in [2.45, 2.75) is 45.9 Å². The molecule has 0 nitrogen and oxygen atoms in total. The first kappa shape index (κ1) is 12.4. The summed E-state index contributed by atoms with van der Waals surface area (Å²) in [5, 5.41) is 0. The van der Waals surface area contributed by atoms with Gasteiger partial charge in [-0.25, -0.2) is 0 Å². The number of aryl methyl sites for hydroxylation is 3. The van der Waals surface area contributed by atoms with E-state index in [1.807, 2.05) is 11.8 Å². The lowest BCUT2D eigenvalue weighted by atomic mass is 10.0. The van der Waals surface area contributed by atoms with Crippen LogP contribution in [0.25, 0.3) is 0 Å². The largest absolute Gasteiger partial charge is 0.0949 e. The first-order valence-electron chi connectivity index (χ1n) is 5.49. The van der Waals surface area contributed by atoms with Gasteiger partial charge in [-0.1, -0.05) is 30.8 Å². The van der Waals surface area contributed by atoms with Crippen LogP contribution in [0.5, 0.6) is 0 Å². The molecule has 0 spiro atoms. The van der Waals surface area contributed by atoms with Crippen molar-refractivity contribution in [1.82, 2.24) is 0 Å². The quantitative estimate of drug-likeness (QED) is 0.654. The number of benzene rings is 1. The Morgan fingerprint density at radius 2 is 1.93 bits per heavy atom. The third kappa shape index (κ3) is 3.13. The molecule has 1 aromatic rings. The predicted molar refractivity (Wildman–Crippen MR) is 70.6 cm³/mol. The second-order valence-corrected chi connectivity index (χ2v) is 5.19. The summed E-state index contributed by atoms with van der Waals surface area (Å²) in [6, 6.07) is 4.63. The van der Waals surface area contributed by atoms with Crippen LogP contribution in [0.1, 0.15) is 37.5 Å². The Morgan fingerprint density at radius 3 is 2.47 bits per heavy atom. The van der Waals surface area contributed by atoms with E-state index in [2.05, 4.69) is 52.8 Å². The van der Waals surface area contributed by atoms with Crippen LogP contribution in [0.2, 0.25) is 0 Å². The van der Waals surface area contributed by atoms with E-state index in [1.54, 1.807) is 0 Å². The molecule has 0 aromatic heterocycles. The third-order valence-electron chi connectivity index (χ3n) is 2.69. The molecule has 0 aliphatic rings. The summed E-state index contributed by atoms with van der Waals surface area (Å²) in [7, 11) is 0. The van der Waals surface area contributed by atoms with Gasteiger partial charge in [0.25, 0.3) is 0 Å². The molecule has 0 amide bonds. The molecule has 1 rings (SSSR count).